The summed E-state index contributed by atoms with van der Waals surface area (Å²) in [6.45, 7) is 2.11. The van der Waals surface area contributed by atoms with Crippen LogP contribution in [-0.2, 0) is 5.75 Å². The van der Waals surface area contributed by atoms with Crippen LogP contribution in [0.1, 0.15) is 11.1 Å². The molecule has 0 aliphatic rings. The van der Waals surface area contributed by atoms with E-state index in [1.54, 1.807) is 11.8 Å². The smallest absolute Gasteiger partial charge is 0.122 e. The summed E-state index contributed by atoms with van der Waals surface area (Å²) < 4.78 is 2.97. The lowest BCUT2D eigenvalue weighted by Gasteiger charge is -2.03. The number of fused-ring (bicyclic) bond motifs is 1. The van der Waals surface area contributed by atoms with Gasteiger partial charge in [-0.25, -0.2) is 9.50 Å². The number of aromatic nitrogens is 3. The van der Waals surface area contributed by atoms with Crippen molar-refractivity contribution in [1.29, 1.82) is 0 Å². The zero-order valence-corrected chi connectivity index (χ0v) is 16.1. The predicted molar refractivity (Wildman–Crippen MR) is 107 cm³/mol. The van der Waals surface area contributed by atoms with Crippen LogP contribution in [0.2, 0.25) is 0 Å². The molecule has 0 fully saturated rings. The molecule has 3 nitrogen and oxygen atoms in total. The Hall–Kier alpha value is -2.11. The van der Waals surface area contributed by atoms with Crippen molar-refractivity contribution in [2.24, 2.45) is 0 Å². The number of nitrogens with zero attached hydrogens (tertiary/aromatic N) is 3. The van der Waals surface area contributed by atoms with Gasteiger partial charge in [0.25, 0.3) is 0 Å². The van der Waals surface area contributed by atoms with E-state index in [-0.39, 0.29) is 0 Å². The number of hydrogen-bond donors (Lipinski definition) is 0. The Morgan fingerprint density at radius 3 is 2.56 bits per heavy atom. The highest BCUT2D eigenvalue weighted by Crippen LogP contribution is 2.28. The van der Waals surface area contributed by atoms with E-state index in [1.165, 1.54) is 11.1 Å². The Bertz CT molecular complexity index is 1010. The van der Waals surface area contributed by atoms with Crippen molar-refractivity contribution in [3.63, 3.8) is 0 Å². The third-order valence-electron chi connectivity index (χ3n) is 3.99. The van der Waals surface area contributed by atoms with Gasteiger partial charge in [0.2, 0.25) is 0 Å². The second-order valence-corrected chi connectivity index (χ2v) is 7.75. The second-order valence-electron chi connectivity index (χ2n) is 5.87. The molecule has 4 aromatic rings. The third kappa shape index (κ3) is 3.62. The third-order valence-corrected chi connectivity index (χ3v) is 5.58. The quantitative estimate of drug-likeness (QED) is 0.401. The molecule has 2 aromatic carbocycles. The Morgan fingerprint density at radius 1 is 1.04 bits per heavy atom. The number of benzene rings is 2. The van der Waals surface area contributed by atoms with Gasteiger partial charge >= 0.3 is 0 Å². The van der Waals surface area contributed by atoms with E-state index < -0.39 is 0 Å². The van der Waals surface area contributed by atoms with Gasteiger partial charge < -0.3 is 0 Å². The summed E-state index contributed by atoms with van der Waals surface area (Å²) in [6.07, 6.45) is 3.70. The van der Waals surface area contributed by atoms with Crippen molar-refractivity contribution in [2.75, 3.05) is 0 Å². The van der Waals surface area contributed by atoms with E-state index >= 15 is 0 Å². The summed E-state index contributed by atoms with van der Waals surface area (Å²) in [4.78, 5) is 4.56. The fraction of sp³-hybridized carbons (Fsp3) is 0.100. The van der Waals surface area contributed by atoms with Crippen LogP contribution in [0.3, 0.4) is 0 Å². The highest BCUT2D eigenvalue weighted by atomic mass is 79.9. The minimum Gasteiger partial charge on any atom is -0.246 e. The summed E-state index contributed by atoms with van der Waals surface area (Å²) in [5, 5.41) is 5.69. The molecular formula is C20H16BrN3S. The maximum atomic E-state index is 4.69. The predicted octanol–water partition coefficient (Wildman–Crippen LogP) is 5.76. The first-order chi connectivity index (χ1) is 12.2. The van der Waals surface area contributed by atoms with Crippen LogP contribution < -0.4 is 0 Å². The van der Waals surface area contributed by atoms with Gasteiger partial charge in [0.1, 0.15) is 5.03 Å². The molecule has 0 unspecified atom stereocenters. The van der Waals surface area contributed by atoms with Gasteiger partial charge in [0.05, 0.1) is 11.2 Å². The standard InChI is InChI=1S/C20H16BrN3S/c1-14-2-4-15(5-3-14)13-25-20-19-12-18(23-24(19)11-10-22-20)16-6-8-17(21)9-7-16/h2-12H,13H2,1H3. The molecule has 0 N–H and O–H groups in total. The molecule has 0 amide bonds. The van der Waals surface area contributed by atoms with Gasteiger partial charge in [-0.3, -0.25) is 0 Å². The average Bonchev–Trinajstić information content (AvgIpc) is 3.06. The van der Waals surface area contributed by atoms with E-state index in [4.69, 9.17) is 0 Å². The van der Waals surface area contributed by atoms with Crippen molar-refractivity contribution < 1.29 is 0 Å². The summed E-state index contributed by atoms with van der Waals surface area (Å²) in [5.74, 6) is 0.895. The molecule has 0 atom stereocenters. The first-order valence-electron chi connectivity index (χ1n) is 7.98. The van der Waals surface area contributed by atoms with Crippen LogP contribution >= 0.6 is 27.7 Å². The molecule has 0 spiro atoms. The van der Waals surface area contributed by atoms with Crippen LogP contribution in [-0.4, -0.2) is 14.6 Å². The second kappa shape index (κ2) is 7.02. The lowest BCUT2D eigenvalue weighted by atomic mass is 10.1. The highest BCUT2D eigenvalue weighted by molar-refractivity contribution is 9.10. The van der Waals surface area contributed by atoms with E-state index in [1.807, 2.05) is 29.0 Å². The SMILES string of the molecule is Cc1ccc(CSc2nccn3nc(-c4ccc(Br)cc4)cc23)cc1. The molecule has 2 heterocycles. The number of rotatable bonds is 4. The van der Waals surface area contributed by atoms with Gasteiger partial charge in [-0.15, -0.1) is 0 Å². The molecule has 0 radical (unpaired) electrons. The minimum atomic E-state index is 0.895. The molecule has 4 rings (SSSR count). The Morgan fingerprint density at radius 2 is 1.80 bits per heavy atom. The van der Waals surface area contributed by atoms with E-state index in [0.717, 1.165) is 32.0 Å². The lowest BCUT2D eigenvalue weighted by Crippen LogP contribution is -1.91. The fourth-order valence-corrected chi connectivity index (χ4v) is 3.80. The lowest BCUT2D eigenvalue weighted by molar-refractivity contribution is 0.920. The maximum absolute atomic E-state index is 4.69. The van der Waals surface area contributed by atoms with E-state index in [9.17, 15) is 0 Å². The molecule has 0 bridgehead atoms. The molecule has 0 aliphatic carbocycles. The Kier molecular flexibility index (Phi) is 4.59. The van der Waals surface area contributed by atoms with Gasteiger partial charge in [0, 0.05) is 28.2 Å². The largest absolute Gasteiger partial charge is 0.246 e. The maximum Gasteiger partial charge on any atom is 0.122 e. The van der Waals surface area contributed by atoms with Gasteiger partial charge in [-0.2, -0.15) is 5.10 Å². The molecular weight excluding hydrogens is 394 g/mol. The van der Waals surface area contributed by atoms with Crippen LogP contribution in [0.4, 0.5) is 0 Å². The van der Waals surface area contributed by atoms with Crippen LogP contribution in [0.25, 0.3) is 16.8 Å². The summed E-state index contributed by atoms with van der Waals surface area (Å²) in [6, 6.07) is 18.9. The molecule has 2 aromatic heterocycles. The van der Waals surface area contributed by atoms with E-state index in [2.05, 4.69) is 75.4 Å². The molecule has 5 heteroatoms. The normalized spacial score (nSPS) is 11.1. The van der Waals surface area contributed by atoms with Crippen molar-refractivity contribution in [2.45, 2.75) is 17.7 Å². The topological polar surface area (TPSA) is 30.2 Å². The average molecular weight is 410 g/mol. The Balaban J connectivity index is 1.63. The fourth-order valence-electron chi connectivity index (χ4n) is 2.61. The molecule has 124 valence electrons. The first-order valence-corrected chi connectivity index (χ1v) is 9.75. The van der Waals surface area contributed by atoms with Crippen molar-refractivity contribution in [1.82, 2.24) is 14.6 Å². The molecule has 0 saturated carbocycles. The number of halogens is 1. The monoisotopic (exact) mass is 409 g/mol. The Labute approximate surface area is 159 Å². The van der Waals surface area contributed by atoms with Crippen LogP contribution in [0, 0.1) is 6.92 Å². The summed E-state index contributed by atoms with van der Waals surface area (Å²) in [7, 11) is 0. The first kappa shape index (κ1) is 16.4. The van der Waals surface area contributed by atoms with Gasteiger partial charge in [-0.1, -0.05) is 69.7 Å². The number of thioether (sulfide) groups is 1. The van der Waals surface area contributed by atoms with E-state index in [0.29, 0.717) is 0 Å². The highest BCUT2D eigenvalue weighted by Gasteiger charge is 2.10. The van der Waals surface area contributed by atoms with Gasteiger partial charge in [0.15, 0.2) is 0 Å². The zero-order chi connectivity index (χ0) is 17.2. The summed E-state index contributed by atoms with van der Waals surface area (Å²) >= 11 is 5.21. The van der Waals surface area contributed by atoms with Crippen molar-refractivity contribution in [3.05, 3.63) is 82.6 Å². The molecule has 0 saturated heterocycles. The number of aryl methyl sites for hydroxylation is 1. The van der Waals surface area contributed by atoms with Crippen molar-refractivity contribution in [3.8, 4) is 11.3 Å². The minimum absolute atomic E-state index is 0.895. The molecule has 0 aliphatic heterocycles. The zero-order valence-electron chi connectivity index (χ0n) is 13.7. The van der Waals surface area contributed by atoms with Crippen LogP contribution in [0.15, 0.2) is 76.5 Å². The van der Waals surface area contributed by atoms with Crippen LogP contribution in [0.5, 0.6) is 0 Å². The summed E-state index contributed by atoms with van der Waals surface area (Å²) in [5.41, 5.74) is 5.67. The van der Waals surface area contributed by atoms with Gasteiger partial charge in [-0.05, 0) is 30.7 Å². The number of hydrogen-bond acceptors (Lipinski definition) is 3. The molecule has 25 heavy (non-hydrogen) atoms. The van der Waals surface area contributed by atoms with Crippen molar-refractivity contribution >= 4 is 33.2 Å².